The molecule has 1 nitrogen and oxygen atoms in total. The molecule has 0 heterocycles. The maximum atomic E-state index is 14.5. The molecule has 2 fully saturated rings. The summed E-state index contributed by atoms with van der Waals surface area (Å²) in [6.45, 7) is 22.0. The van der Waals surface area contributed by atoms with Crippen molar-refractivity contribution in [2.24, 2.45) is 0 Å². The van der Waals surface area contributed by atoms with E-state index in [2.05, 4.69) is 69.2 Å². The van der Waals surface area contributed by atoms with Gasteiger partial charge in [0, 0.05) is 26.2 Å². The smallest absolute Gasteiger partial charge is 0.214 e. The molecule has 3 aromatic rings. The monoisotopic (exact) mass is 889 g/mol. The van der Waals surface area contributed by atoms with Gasteiger partial charge in [-0.1, -0.05) is 85.6 Å². The van der Waals surface area contributed by atoms with Crippen LogP contribution in [0.4, 0.5) is 65.9 Å². The first-order chi connectivity index (χ1) is 25.1. The normalized spacial score (nSPS) is 17.7. The van der Waals surface area contributed by atoms with Crippen LogP contribution in [-0.4, -0.2) is 11.4 Å². The molecule has 0 atom stereocenters. The molecule has 2 aliphatic carbocycles. The van der Waals surface area contributed by atoms with Gasteiger partial charge in [0.1, 0.15) is 34.9 Å². The van der Waals surface area contributed by atoms with Crippen molar-refractivity contribution in [3.8, 4) is 0 Å². The molecule has 302 valence electrons. The van der Waals surface area contributed by atoms with Crippen LogP contribution >= 0.6 is 0 Å². The van der Waals surface area contributed by atoms with Gasteiger partial charge in [-0.3, -0.25) is 0 Å². The molecule has 1 N–H and O–H groups in total. The fraction of sp³-hybridized carbons (Fsp3) is 0.263. The van der Waals surface area contributed by atoms with Gasteiger partial charge in [0.2, 0.25) is 6.35 Å². The first-order valence-corrected chi connectivity index (χ1v) is 16.0. The van der Waals surface area contributed by atoms with Crippen LogP contribution in [0.1, 0.15) is 69.2 Å². The molecular formula is C38H31BF15OZr-. The number of hydrogen-bond donors (Lipinski definition) is 1. The quantitative estimate of drug-likeness (QED) is 0.120. The number of rotatable bonds is 3. The molecule has 18 heteroatoms. The van der Waals surface area contributed by atoms with E-state index in [0.29, 0.717) is 0 Å². The zero-order valence-corrected chi connectivity index (χ0v) is 33.7. The van der Waals surface area contributed by atoms with Crippen molar-refractivity contribution in [1.82, 2.24) is 0 Å². The first-order valence-electron chi connectivity index (χ1n) is 16.0. The minimum atomic E-state index is -6.41. The van der Waals surface area contributed by atoms with Crippen molar-refractivity contribution < 1.29 is 97.1 Å². The average Bonchev–Trinajstić information content (AvgIpc) is 3.42. The summed E-state index contributed by atoms with van der Waals surface area (Å²) in [4.78, 5) is 0. The Bertz CT molecular complexity index is 1570. The molecule has 0 aliphatic heterocycles. The molecule has 0 aromatic heterocycles. The van der Waals surface area contributed by atoms with E-state index in [9.17, 15) is 70.9 Å². The van der Waals surface area contributed by atoms with Gasteiger partial charge in [-0.2, -0.15) is 0 Å². The predicted octanol–water partition coefficient (Wildman–Crippen LogP) is 9.67. The third-order valence-corrected chi connectivity index (χ3v) is 10.6. The van der Waals surface area contributed by atoms with Crippen LogP contribution in [0.3, 0.4) is 0 Å². The van der Waals surface area contributed by atoms with Crippen molar-refractivity contribution in [2.45, 2.75) is 69.2 Å². The van der Waals surface area contributed by atoms with Gasteiger partial charge in [0.15, 0.2) is 52.4 Å². The number of benzene rings is 3. The third kappa shape index (κ3) is 8.09. The Kier molecular flexibility index (Phi) is 16.1. The van der Waals surface area contributed by atoms with Crippen molar-refractivity contribution in [3.05, 3.63) is 146 Å². The van der Waals surface area contributed by atoms with Gasteiger partial charge >= 0.3 is 0 Å². The van der Waals surface area contributed by atoms with Gasteiger partial charge in [0.05, 0.1) is 0 Å². The fourth-order valence-electron chi connectivity index (χ4n) is 6.21. The van der Waals surface area contributed by atoms with E-state index in [1.54, 1.807) is 0 Å². The number of hydrogen-bond acceptors (Lipinski definition) is 1. The largest absolute Gasteiger partial charge is 0.594 e. The second kappa shape index (κ2) is 18.2. The van der Waals surface area contributed by atoms with Crippen LogP contribution in [0.2, 0.25) is 0 Å². The van der Waals surface area contributed by atoms with Gasteiger partial charge in [-0.25, -0.2) is 65.9 Å². The topological polar surface area (TPSA) is 20.2 Å². The van der Waals surface area contributed by atoms with Crippen molar-refractivity contribution in [1.29, 1.82) is 0 Å². The minimum absolute atomic E-state index is 0. The summed E-state index contributed by atoms with van der Waals surface area (Å²) < 4.78 is 210. The molecule has 5 rings (SSSR count). The molecule has 0 bridgehead atoms. The molecule has 2 aliphatic rings. The van der Waals surface area contributed by atoms with Crippen LogP contribution in [0.5, 0.6) is 0 Å². The van der Waals surface area contributed by atoms with Gasteiger partial charge < -0.3 is 5.02 Å². The fourth-order valence-corrected chi connectivity index (χ4v) is 6.21. The van der Waals surface area contributed by atoms with Crippen LogP contribution in [-0.2, 0) is 26.2 Å². The first kappa shape index (κ1) is 49.7. The maximum absolute atomic E-state index is 14.5. The Labute approximate surface area is 334 Å². The summed E-state index contributed by atoms with van der Waals surface area (Å²) in [7, 11) is 0. The van der Waals surface area contributed by atoms with E-state index in [0.717, 1.165) is 0 Å². The zero-order valence-electron chi connectivity index (χ0n) is 31.2. The molecule has 56 heavy (non-hydrogen) atoms. The van der Waals surface area contributed by atoms with Crippen LogP contribution < -0.4 is 16.4 Å². The molecular weight excluding hydrogens is 859 g/mol. The summed E-state index contributed by atoms with van der Waals surface area (Å²) >= 11 is 0. The summed E-state index contributed by atoms with van der Waals surface area (Å²) in [5.41, 5.74) is -9.23. The summed E-state index contributed by atoms with van der Waals surface area (Å²) in [6, 6.07) is 0. The molecule has 10 radical (unpaired) electrons. The summed E-state index contributed by atoms with van der Waals surface area (Å²) in [5, 5.41) is 10.8. The van der Waals surface area contributed by atoms with E-state index in [1.165, 1.54) is 59.2 Å². The second-order valence-electron chi connectivity index (χ2n) is 13.0. The SMILES string of the molecule is C[C]1[C](C)[C](C)[C](C)[C]1C.C[C]1[C](C)[C](C)[C](C)[C]1C.O[B-](c1c(F)c(F)c(F)c(F)c1F)(c1c(F)c(F)c(F)c(F)c1F)c1c(F)c(F)c(F)c(F)c1F.[Zr]. The van der Waals surface area contributed by atoms with Crippen LogP contribution in [0, 0.1) is 146 Å². The predicted molar refractivity (Wildman–Crippen MR) is 175 cm³/mol. The second-order valence-corrected chi connectivity index (χ2v) is 13.0. The Balaban J connectivity index is 0.000000417. The molecule has 0 spiro atoms. The van der Waals surface area contributed by atoms with E-state index in [4.69, 9.17) is 0 Å². The standard InChI is InChI=1S/C18HBF15O.2C10H15.Zr/c20-4-1(5(21)11(27)16(32)10(4)26)19(35,2-6(22)12(28)17(33)13(29)7(2)23)3-8(24)14(30)18(34)15(31)9(3)25;2*1-6-7(2)9(4)10(5)8(6)3;/h35H;2*1-5H3;/q-1;;;. The summed E-state index contributed by atoms with van der Waals surface area (Å²) in [5.74, 6) is -33.2. The van der Waals surface area contributed by atoms with Crippen LogP contribution in [0.25, 0.3) is 0 Å². The van der Waals surface area contributed by atoms with E-state index < -0.39 is 110 Å². The molecule has 0 amide bonds. The average molecular weight is 891 g/mol. The van der Waals surface area contributed by atoms with Crippen LogP contribution in [0.15, 0.2) is 0 Å². The van der Waals surface area contributed by atoms with Crippen molar-refractivity contribution in [2.75, 3.05) is 0 Å². The van der Waals surface area contributed by atoms with Gasteiger partial charge in [-0.15, -0.1) is 0 Å². The molecule has 0 unspecified atom stereocenters. The van der Waals surface area contributed by atoms with E-state index >= 15 is 0 Å². The third-order valence-electron chi connectivity index (χ3n) is 10.6. The Morgan fingerprint density at radius 3 is 0.429 bits per heavy atom. The molecule has 2 saturated carbocycles. The Morgan fingerprint density at radius 2 is 0.321 bits per heavy atom. The van der Waals surface area contributed by atoms with Gasteiger partial charge in [0.25, 0.3) is 0 Å². The molecule has 0 saturated heterocycles. The molecule has 3 aromatic carbocycles. The maximum Gasteiger partial charge on any atom is 0.214 e. The van der Waals surface area contributed by atoms with E-state index in [1.807, 2.05) is 0 Å². The minimum Gasteiger partial charge on any atom is -0.594 e. The van der Waals surface area contributed by atoms with Crippen molar-refractivity contribution >= 4 is 22.7 Å². The van der Waals surface area contributed by atoms with Gasteiger partial charge in [-0.05, 0) is 59.2 Å². The Morgan fingerprint density at radius 1 is 0.232 bits per heavy atom. The van der Waals surface area contributed by atoms with Crippen molar-refractivity contribution in [3.63, 3.8) is 0 Å². The summed E-state index contributed by atoms with van der Waals surface area (Å²) in [6.07, 6.45) is -6.41. The van der Waals surface area contributed by atoms with E-state index in [-0.39, 0.29) is 26.2 Å². The Hall–Kier alpha value is -2.48. The number of halogens is 15. The zero-order chi connectivity index (χ0) is 42.7.